The van der Waals surface area contributed by atoms with Gasteiger partial charge in [0.15, 0.2) is 0 Å². The number of ether oxygens (including phenoxy) is 1. The first-order valence-corrected chi connectivity index (χ1v) is 10.5. The molecule has 166 valence electrons. The second kappa shape index (κ2) is 12.6. The maximum atomic E-state index is 12.8. The van der Waals surface area contributed by atoms with Crippen molar-refractivity contribution in [2.75, 3.05) is 6.54 Å². The summed E-state index contributed by atoms with van der Waals surface area (Å²) in [6.45, 7) is 11.8. The molecule has 0 heterocycles. The third kappa shape index (κ3) is 10.1. The Balaban J connectivity index is 0.00000450. The third-order valence-electron chi connectivity index (χ3n) is 4.54. The Morgan fingerprint density at radius 2 is 1.60 bits per heavy atom. The average Bonchev–Trinajstić information content (AvgIpc) is 2.66. The highest BCUT2D eigenvalue weighted by molar-refractivity contribution is 5.85. The van der Waals surface area contributed by atoms with Crippen LogP contribution < -0.4 is 15.4 Å². The van der Waals surface area contributed by atoms with E-state index in [9.17, 15) is 4.79 Å². The molecule has 0 spiro atoms. The van der Waals surface area contributed by atoms with Gasteiger partial charge in [0.2, 0.25) is 5.91 Å². The molecule has 2 aromatic rings. The molecule has 0 aliphatic carbocycles. The van der Waals surface area contributed by atoms with Gasteiger partial charge >= 0.3 is 0 Å². The Labute approximate surface area is 188 Å². The summed E-state index contributed by atoms with van der Waals surface area (Å²) in [5, 5.41) is 6.54. The lowest BCUT2D eigenvalue weighted by Crippen LogP contribution is -2.51. The van der Waals surface area contributed by atoms with Crippen LogP contribution in [0.3, 0.4) is 0 Å². The van der Waals surface area contributed by atoms with Crippen molar-refractivity contribution in [3.8, 4) is 5.75 Å². The van der Waals surface area contributed by atoms with Gasteiger partial charge in [-0.3, -0.25) is 4.79 Å². The van der Waals surface area contributed by atoms with Crippen LogP contribution in [0, 0.1) is 5.92 Å². The zero-order valence-electron chi connectivity index (χ0n) is 18.9. The molecule has 5 heteroatoms. The van der Waals surface area contributed by atoms with E-state index in [1.54, 1.807) is 0 Å². The minimum absolute atomic E-state index is 0. The summed E-state index contributed by atoms with van der Waals surface area (Å²) in [5.74, 6) is 1.49. The molecule has 0 aliphatic rings. The van der Waals surface area contributed by atoms with Crippen LogP contribution >= 0.6 is 12.4 Å². The van der Waals surface area contributed by atoms with Crippen molar-refractivity contribution in [3.05, 3.63) is 65.7 Å². The molecule has 30 heavy (non-hydrogen) atoms. The van der Waals surface area contributed by atoms with E-state index in [0.29, 0.717) is 18.9 Å². The van der Waals surface area contributed by atoms with Crippen LogP contribution in [-0.4, -0.2) is 24.0 Å². The summed E-state index contributed by atoms with van der Waals surface area (Å²) in [5.41, 5.74) is 2.01. The Bertz CT molecular complexity index is 740. The van der Waals surface area contributed by atoms with Crippen LogP contribution in [0.1, 0.15) is 52.2 Å². The topological polar surface area (TPSA) is 50.4 Å². The van der Waals surface area contributed by atoms with Gasteiger partial charge in [0.25, 0.3) is 0 Å². The van der Waals surface area contributed by atoms with E-state index < -0.39 is 0 Å². The molecule has 0 aliphatic heterocycles. The highest BCUT2D eigenvalue weighted by Gasteiger charge is 2.22. The van der Waals surface area contributed by atoms with Gasteiger partial charge < -0.3 is 15.4 Å². The molecule has 1 amide bonds. The fourth-order valence-electron chi connectivity index (χ4n) is 2.96. The fraction of sp³-hybridized carbons (Fsp3) is 0.480. The van der Waals surface area contributed by atoms with Crippen molar-refractivity contribution < 1.29 is 9.53 Å². The predicted molar refractivity (Wildman–Crippen MR) is 127 cm³/mol. The van der Waals surface area contributed by atoms with Crippen LogP contribution in [-0.2, 0) is 17.8 Å². The zero-order valence-corrected chi connectivity index (χ0v) is 19.7. The van der Waals surface area contributed by atoms with Gasteiger partial charge in [0.1, 0.15) is 12.4 Å². The number of halogens is 1. The number of carbonyl (C=O) groups excluding carboxylic acids is 1. The normalized spacial score (nSPS) is 12.2. The van der Waals surface area contributed by atoms with Crippen LogP contribution in [0.5, 0.6) is 5.75 Å². The first kappa shape index (κ1) is 26.0. The summed E-state index contributed by atoms with van der Waals surface area (Å²) in [6, 6.07) is 17.9. The maximum Gasteiger partial charge on any atom is 0.237 e. The Kier molecular flexibility index (Phi) is 10.9. The zero-order chi connectivity index (χ0) is 21.3. The summed E-state index contributed by atoms with van der Waals surface area (Å²) in [7, 11) is 0. The van der Waals surface area contributed by atoms with Crippen LogP contribution in [0.15, 0.2) is 54.6 Å². The van der Waals surface area contributed by atoms with Gasteiger partial charge in [-0.15, -0.1) is 12.4 Å². The molecule has 2 N–H and O–H groups in total. The van der Waals surface area contributed by atoms with Crippen LogP contribution in [0.25, 0.3) is 0 Å². The smallest absolute Gasteiger partial charge is 0.237 e. The van der Waals surface area contributed by atoms with Crippen molar-refractivity contribution in [2.45, 2.75) is 65.6 Å². The van der Waals surface area contributed by atoms with Crippen molar-refractivity contribution >= 4 is 18.3 Å². The van der Waals surface area contributed by atoms with E-state index in [1.807, 2.05) is 63.2 Å². The van der Waals surface area contributed by atoms with Crippen molar-refractivity contribution in [2.24, 2.45) is 5.92 Å². The quantitative estimate of drug-likeness (QED) is 0.545. The number of rotatable bonds is 10. The third-order valence-corrected chi connectivity index (χ3v) is 4.54. The average molecular weight is 433 g/mol. The lowest BCUT2D eigenvalue weighted by Gasteiger charge is -2.26. The molecule has 4 nitrogen and oxygen atoms in total. The SMILES string of the molecule is CC(C)CCN[C@@H](Cc1ccc(OCc2ccccc2)cc1)C(=O)NC(C)(C)C.Cl. The van der Waals surface area contributed by atoms with E-state index in [0.717, 1.165) is 29.8 Å². The van der Waals surface area contributed by atoms with Gasteiger partial charge in [0, 0.05) is 5.54 Å². The van der Waals surface area contributed by atoms with Crippen molar-refractivity contribution in [1.29, 1.82) is 0 Å². The molecule has 0 radical (unpaired) electrons. The Morgan fingerprint density at radius 1 is 0.967 bits per heavy atom. The first-order valence-electron chi connectivity index (χ1n) is 10.5. The Morgan fingerprint density at radius 3 is 2.17 bits per heavy atom. The van der Waals surface area contributed by atoms with Gasteiger partial charge in [0.05, 0.1) is 6.04 Å². The van der Waals surface area contributed by atoms with Crippen molar-refractivity contribution in [3.63, 3.8) is 0 Å². The number of nitrogens with one attached hydrogen (secondary N) is 2. The lowest BCUT2D eigenvalue weighted by atomic mass is 10.0. The van der Waals surface area contributed by atoms with Crippen molar-refractivity contribution in [1.82, 2.24) is 10.6 Å². The summed E-state index contributed by atoms with van der Waals surface area (Å²) in [6.07, 6.45) is 1.70. The molecule has 2 aromatic carbocycles. The van der Waals surface area contributed by atoms with Gasteiger partial charge in [-0.25, -0.2) is 0 Å². The lowest BCUT2D eigenvalue weighted by molar-refractivity contribution is -0.124. The first-order chi connectivity index (χ1) is 13.7. The molecular weight excluding hydrogens is 396 g/mol. The highest BCUT2D eigenvalue weighted by atomic mass is 35.5. The van der Waals surface area contributed by atoms with E-state index in [2.05, 4.69) is 36.6 Å². The predicted octanol–water partition coefficient (Wildman–Crippen LogP) is 5.15. The standard InChI is InChI=1S/C25H36N2O2.ClH/c1-19(2)15-16-26-23(24(28)27-25(3,4)5)17-20-11-13-22(14-12-20)29-18-21-9-7-6-8-10-21;/h6-14,19,23,26H,15-18H2,1-5H3,(H,27,28);1H/t23-;/m0./s1. The van der Waals surface area contributed by atoms with Gasteiger partial charge in [-0.05, 0) is 69.3 Å². The molecule has 0 saturated carbocycles. The van der Waals surface area contributed by atoms with Crippen LogP contribution in [0.4, 0.5) is 0 Å². The monoisotopic (exact) mass is 432 g/mol. The minimum atomic E-state index is -0.246. The van der Waals surface area contributed by atoms with Gasteiger partial charge in [-0.1, -0.05) is 56.3 Å². The number of carbonyl (C=O) groups is 1. The maximum absolute atomic E-state index is 12.8. The van der Waals surface area contributed by atoms with E-state index in [1.165, 1.54) is 0 Å². The molecule has 2 rings (SSSR count). The highest BCUT2D eigenvalue weighted by Crippen LogP contribution is 2.16. The van der Waals surface area contributed by atoms with E-state index >= 15 is 0 Å². The van der Waals surface area contributed by atoms with E-state index in [-0.39, 0.29) is 29.9 Å². The Hall–Kier alpha value is -2.04. The van der Waals surface area contributed by atoms with Crippen LogP contribution in [0.2, 0.25) is 0 Å². The fourth-order valence-corrected chi connectivity index (χ4v) is 2.96. The number of hydrogen-bond donors (Lipinski definition) is 2. The van der Waals surface area contributed by atoms with Gasteiger partial charge in [-0.2, -0.15) is 0 Å². The largest absolute Gasteiger partial charge is 0.489 e. The molecule has 0 fully saturated rings. The molecule has 0 saturated heterocycles. The molecule has 1 atom stereocenters. The minimum Gasteiger partial charge on any atom is -0.489 e. The molecular formula is C25H37ClN2O2. The summed E-state index contributed by atoms with van der Waals surface area (Å²) < 4.78 is 5.86. The second-order valence-corrected chi connectivity index (χ2v) is 9.05. The number of hydrogen-bond acceptors (Lipinski definition) is 3. The molecule has 0 bridgehead atoms. The second-order valence-electron chi connectivity index (χ2n) is 9.05. The molecule has 0 aromatic heterocycles. The molecule has 0 unspecified atom stereocenters. The summed E-state index contributed by atoms with van der Waals surface area (Å²) in [4.78, 5) is 12.8. The number of benzene rings is 2. The number of amides is 1. The van der Waals surface area contributed by atoms with E-state index in [4.69, 9.17) is 4.74 Å². The summed E-state index contributed by atoms with van der Waals surface area (Å²) >= 11 is 0.